The Bertz CT molecular complexity index is 356. The first-order valence-electron chi connectivity index (χ1n) is 5.93. The molecule has 100 valence electrons. The molecule has 0 fully saturated rings. The van der Waals surface area contributed by atoms with E-state index in [0.29, 0.717) is 6.61 Å². The van der Waals surface area contributed by atoms with Crippen molar-refractivity contribution < 1.29 is 14.3 Å². The van der Waals surface area contributed by atoms with Gasteiger partial charge < -0.3 is 10.1 Å². The van der Waals surface area contributed by atoms with Crippen LogP contribution in [0.25, 0.3) is 0 Å². The Labute approximate surface area is 108 Å². The van der Waals surface area contributed by atoms with Gasteiger partial charge in [-0.15, -0.1) is 0 Å². The zero-order chi connectivity index (χ0) is 14.0. The molecule has 0 spiro atoms. The van der Waals surface area contributed by atoms with Crippen molar-refractivity contribution in [1.29, 1.82) is 0 Å². The molecule has 1 amide bonds. The van der Waals surface area contributed by atoms with Gasteiger partial charge in [-0.2, -0.15) is 0 Å². The molecule has 4 heteroatoms. The zero-order valence-corrected chi connectivity index (χ0v) is 11.2. The fourth-order valence-electron chi connectivity index (χ4n) is 1.22. The molecule has 0 aliphatic heterocycles. The van der Waals surface area contributed by atoms with Gasteiger partial charge in [0.25, 0.3) is 0 Å². The molecule has 0 rings (SSSR count). The van der Waals surface area contributed by atoms with Crippen molar-refractivity contribution in [2.45, 2.75) is 33.2 Å². The second-order valence-corrected chi connectivity index (χ2v) is 3.79. The van der Waals surface area contributed by atoms with E-state index in [0.717, 1.165) is 5.57 Å². The van der Waals surface area contributed by atoms with Crippen LogP contribution in [-0.4, -0.2) is 24.5 Å². The van der Waals surface area contributed by atoms with Crippen molar-refractivity contribution in [1.82, 2.24) is 5.32 Å². The summed E-state index contributed by atoms with van der Waals surface area (Å²) in [6, 6.07) is -0.615. The van der Waals surface area contributed by atoms with Crippen LogP contribution in [0.15, 0.2) is 36.5 Å². The molecule has 0 heterocycles. The van der Waals surface area contributed by atoms with Crippen molar-refractivity contribution in [2.75, 3.05) is 6.61 Å². The number of hydrogen-bond acceptors (Lipinski definition) is 3. The van der Waals surface area contributed by atoms with Gasteiger partial charge in [0.2, 0.25) is 5.91 Å². The number of carbonyl (C=O) groups excluding carboxylic acids is 2. The molecule has 18 heavy (non-hydrogen) atoms. The minimum atomic E-state index is -0.615. The number of amides is 1. The lowest BCUT2D eigenvalue weighted by Gasteiger charge is -2.11. The molecule has 0 aliphatic carbocycles. The third kappa shape index (κ3) is 7.44. The molecule has 4 nitrogen and oxygen atoms in total. The maximum absolute atomic E-state index is 11.5. The molecular formula is C14H21NO3. The second kappa shape index (κ2) is 9.22. The van der Waals surface area contributed by atoms with E-state index in [1.54, 1.807) is 26.0 Å². The molecule has 0 radical (unpaired) electrons. The lowest BCUT2D eigenvalue weighted by molar-refractivity contribution is -0.146. The molecule has 1 unspecified atom stereocenters. The monoisotopic (exact) mass is 251 g/mol. The van der Waals surface area contributed by atoms with E-state index in [1.807, 2.05) is 19.1 Å². The van der Waals surface area contributed by atoms with Crippen molar-refractivity contribution in [2.24, 2.45) is 0 Å². The van der Waals surface area contributed by atoms with Gasteiger partial charge in [0, 0.05) is 6.42 Å². The van der Waals surface area contributed by atoms with Crippen molar-refractivity contribution in [3.05, 3.63) is 36.5 Å². The van der Waals surface area contributed by atoms with E-state index >= 15 is 0 Å². The largest absolute Gasteiger partial charge is 0.464 e. The third-order valence-corrected chi connectivity index (χ3v) is 2.08. The lowest BCUT2D eigenvalue weighted by Crippen LogP contribution is -2.39. The third-order valence-electron chi connectivity index (χ3n) is 2.08. The van der Waals surface area contributed by atoms with Crippen LogP contribution in [0, 0.1) is 0 Å². The van der Waals surface area contributed by atoms with Gasteiger partial charge in [-0.05, 0) is 20.8 Å². The van der Waals surface area contributed by atoms with Crippen molar-refractivity contribution >= 4 is 11.9 Å². The SMILES string of the molecule is C=C/C=C(C)\C=C/CC(=O)NC(C)C(=O)OCC. The average Bonchev–Trinajstić information content (AvgIpc) is 2.29. The first kappa shape index (κ1) is 16.2. The van der Waals surface area contributed by atoms with Crippen LogP contribution >= 0.6 is 0 Å². The predicted octanol–water partition coefficient (Wildman–Crippen LogP) is 2.13. The van der Waals surface area contributed by atoms with Crippen LogP contribution in [0.4, 0.5) is 0 Å². The smallest absolute Gasteiger partial charge is 0.328 e. The molecule has 0 bridgehead atoms. The summed E-state index contributed by atoms with van der Waals surface area (Å²) in [5, 5.41) is 2.57. The summed E-state index contributed by atoms with van der Waals surface area (Å²) in [4.78, 5) is 22.8. The Hall–Kier alpha value is -1.84. The number of esters is 1. The maximum atomic E-state index is 11.5. The lowest BCUT2D eigenvalue weighted by atomic mass is 10.2. The molecule has 1 atom stereocenters. The molecule has 0 aliphatic rings. The molecule has 1 N–H and O–H groups in total. The van der Waals surface area contributed by atoms with Gasteiger partial charge in [-0.1, -0.05) is 36.5 Å². The van der Waals surface area contributed by atoms with Gasteiger partial charge in [0.1, 0.15) is 6.04 Å². The summed E-state index contributed by atoms with van der Waals surface area (Å²) in [5.74, 6) is -0.629. The van der Waals surface area contributed by atoms with E-state index in [1.165, 1.54) is 0 Å². The zero-order valence-electron chi connectivity index (χ0n) is 11.2. The van der Waals surface area contributed by atoms with Crippen LogP contribution in [0.3, 0.4) is 0 Å². The van der Waals surface area contributed by atoms with Crippen LogP contribution in [0.5, 0.6) is 0 Å². The van der Waals surface area contributed by atoms with Crippen LogP contribution in [0.1, 0.15) is 27.2 Å². The van der Waals surface area contributed by atoms with Crippen molar-refractivity contribution in [3.63, 3.8) is 0 Å². The van der Waals surface area contributed by atoms with Gasteiger partial charge >= 0.3 is 5.97 Å². The number of nitrogens with one attached hydrogen (secondary N) is 1. The van der Waals surface area contributed by atoms with Crippen molar-refractivity contribution in [3.8, 4) is 0 Å². The molecule has 0 aromatic rings. The van der Waals surface area contributed by atoms with Crippen LogP contribution in [-0.2, 0) is 14.3 Å². The van der Waals surface area contributed by atoms with Gasteiger partial charge in [0.05, 0.1) is 6.61 Å². The van der Waals surface area contributed by atoms with Crippen LogP contribution in [0.2, 0.25) is 0 Å². The molecule has 0 saturated carbocycles. The second-order valence-electron chi connectivity index (χ2n) is 3.79. The van der Waals surface area contributed by atoms with E-state index in [4.69, 9.17) is 4.74 Å². The van der Waals surface area contributed by atoms with Gasteiger partial charge in [-0.25, -0.2) is 4.79 Å². The van der Waals surface area contributed by atoms with Crippen LogP contribution < -0.4 is 5.32 Å². The Morgan fingerprint density at radius 3 is 2.67 bits per heavy atom. The molecular weight excluding hydrogens is 230 g/mol. The summed E-state index contributed by atoms with van der Waals surface area (Å²) in [6.07, 6.45) is 7.32. The Balaban J connectivity index is 4.08. The van der Waals surface area contributed by atoms with E-state index in [9.17, 15) is 9.59 Å². The number of carbonyl (C=O) groups is 2. The fraction of sp³-hybridized carbons (Fsp3) is 0.429. The van der Waals surface area contributed by atoms with Gasteiger partial charge in [0.15, 0.2) is 0 Å². The first-order valence-corrected chi connectivity index (χ1v) is 5.93. The topological polar surface area (TPSA) is 55.4 Å². The summed E-state index contributed by atoms with van der Waals surface area (Å²) < 4.78 is 4.79. The number of hydrogen-bond donors (Lipinski definition) is 1. The Morgan fingerprint density at radius 1 is 1.44 bits per heavy atom. The summed E-state index contributed by atoms with van der Waals surface area (Å²) in [6.45, 7) is 9.13. The highest BCUT2D eigenvalue weighted by Crippen LogP contribution is 1.97. The Morgan fingerprint density at radius 2 is 2.11 bits per heavy atom. The number of rotatable bonds is 7. The first-order chi connectivity index (χ1) is 8.51. The predicted molar refractivity (Wildman–Crippen MR) is 71.9 cm³/mol. The van der Waals surface area contributed by atoms with E-state index in [2.05, 4.69) is 11.9 Å². The average molecular weight is 251 g/mol. The highest BCUT2D eigenvalue weighted by Gasteiger charge is 2.15. The number of ether oxygens (including phenoxy) is 1. The summed E-state index contributed by atoms with van der Waals surface area (Å²) >= 11 is 0. The maximum Gasteiger partial charge on any atom is 0.328 e. The van der Waals surface area contributed by atoms with E-state index in [-0.39, 0.29) is 12.3 Å². The highest BCUT2D eigenvalue weighted by molar-refractivity contribution is 5.84. The van der Waals surface area contributed by atoms with Gasteiger partial charge in [-0.3, -0.25) is 4.79 Å². The van der Waals surface area contributed by atoms with E-state index < -0.39 is 12.0 Å². The molecule has 0 aromatic carbocycles. The highest BCUT2D eigenvalue weighted by atomic mass is 16.5. The summed E-state index contributed by atoms with van der Waals surface area (Å²) in [7, 11) is 0. The molecule has 0 saturated heterocycles. The quantitative estimate of drug-likeness (QED) is 0.557. The Kier molecular flexibility index (Phi) is 8.27. The minimum absolute atomic E-state index is 0.210. The minimum Gasteiger partial charge on any atom is -0.464 e. The number of allylic oxidation sites excluding steroid dienone is 4. The standard InChI is InChI=1S/C14H21NO3/c1-5-8-11(3)9-7-10-13(16)15-12(4)14(17)18-6-2/h5,7-9,12H,1,6,10H2,2-4H3,(H,15,16)/b9-7-,11-8-. The molecule has 0 aromatic heterocycles. The summed E-state index contributed by atoms with van der Waals surface area (Å²) in [5.41, 5.74) is 1.01. The normalized spacial score (nSPS) is 13.2. The fourth-order valence-corrected chi connectivity index (χ4v) is 1.22.